The van der Waals surface area contributed by atoms with Gasteiger partial charge in [-0.1, -0.05) is 30.2 Å². The van der Waals surface area contributed by atoms with Crippen LogP contribution in [0, 0.1) is 17.8 Å². The fraction of sp³-hybridized carbons (Fsp3) is 0.588. The van der Waals surface area contributed by atoms with Gasteiger partial charge in [0.25, 0.3) is 0 Å². The van der Waals surface area contributed by atoms with E-state index in [2.05, 4.69) is 16.3 Å². The minimum Gasteiger partial charge on any atom is -0.333 e. The van der Waals surface area contributed by atoms with Crippen LogP contribution in [-0.2, 0) is 4.79 Å². The Labute approximate surface area is 130 Å². The van der Waals surface area contributed by atoms with Crippen LogP contribution in [0.3, 0.4) is 0 Å². The quantitative estimate of drug-likeness (QED) is 0.911. The van der Waals surface area contributed by atoms with Crippen LogP contribution >= 0.6 is 11.6 Å². The molecule has 1 aromatic rings. The maximum atomic E-state index is 12.9. The standard InChI is InChI=1S/C17H21ClN2O/c18-12-4-1-3-11(9-12)15-10-19-7-8-20(15)17(21)16-13-5-2-6-14(13)16/h1,3-4,9,13-16,19H,2,5-8,10H2. The van der Waals surface area contributed by atoms with Crippen LogP contribution in [0.1, 0.15) is 30.9 Å². The predicted octanol–water partition coefficient (Wildman–Crippen LogP) is 2.86. The molecule has 112 valence electrons. The van der Waals surface area contributed by atoms with Crippen LogP contribution in [0.5, 0.6) is 0 Å². The number of halogens is 1. The molecule has 3 nitrogen and oxygen atoms in total. The van der Waals surface area contributed by atoms with Crippen molar-refractivity contribution >= 4 is 17.5 Å². The summed E-state index contributed by atoms with van der Waals surface area (Å²) in [4.78, 5) is 15.0. The first-order chi connectivity index (χ1) is 10.3. The van der Waals surface area contributed by atoms with Crippen molar-refractivity contribution in [1.29, 1.82) is 0 Å². The van der Waals surface area contributed by atoms with Gasteiger partial charge in [0.05, 0.1) is 6.04 Å². The van der Waals surface area contributed by atoms with E-state index in [1.807, 2.05) is 18.2 Å². The summed E-state index contributed by atoms with van der Waals surface area (Å²) in [6.45, 7) is 2.53. The summed E-state index contributed by atoms with van der Waals surface area (Å²) in [6, 6.07) is 8.07. The lowest BCUT2D eigenvalue weighted by molar-refractivity contribution is -0.136. The number of carbonyl (C=O) groups is 1. The molecule has 3 aliphatic rings. The number of hydrogen-bond acceptors (Lipinski definition) is 2. The van der Waals surface area contributed by atoms with Crippen molar-refractivity contribution in [1.82, 2.24) is 10.2 Å². The highest BCUT2D eigenvalue weighted by Gasteiger charge is 2.58. The minimum absolute atomic E-state index is 0.131. The molecular formula is C17H21ClN2O. The predicted molar refractivity (Wildman–Crippen MR) is 83.1 cm³/mol. The molecule has 2 aliphatic carbocycles. The van der Waals surface area contributed by atoms with Crippen molar-refractivity contribution in [2.75, 3.05) is 19.6 Å². The first-order valence-corrected chi connectivity index (χ1v) is 8.40. The molecule has 1 saturated heterocycles. The Balaban J connectivity index is 1.55. The number of rotatable bonds is 2. The molecule has 2 saturated carbocycles. The highest BCUT2D eigenvalue weighted by Crippen LogP contribution is 2.58. The molecule has 1 N–H and O–H groups in total. The van der Waals surface area contributed by atoms with Crippen molar-refractivity contribution in [3.05, 3.63) is 34.9 Å². The summed E-state index contributed by atoms with van der Waals surface area (Å²) in [6.07, 6.45) is 3.84. The Kier molecular flexibility index (Phi) is 3.43. The topological polar surface area (TPSA) is 32.3 Å². The van der Waals surface area contributed by atoms with E-state index in [1.54, 1.807) is 0 Å². The summed E-state index contributed by atoms with van der Waals surface area (Å²) in [5.41, 5.74) is 1.15. The largest absolute Gasteiger partial charge is 0.333 e. The molecule has 21 heavy (non-hydrogen) atoms. The van der Waals surface area contributed by atoms with Crippen molar-refractivity contribution in [3.8, 4) is 0 Å². The summed E-state index contributed by atoms with van der Waals surface area (Å²) < 4.78 is 0. The fourth-order valence-electron chi connectivity index (χ4n) is 4.36. The van der Waals surface area contributed by atoms with Gasteiger partial charge >= 0.3 is 0 Å². The van der Waals surface area contributed by atoms with Crippen molar-refractivity contribution in [3.63, 3.8) is 0 Å². The van der Waals surface area contributed by atoms with Crippen LogP contribution in [0.4, 0.5) is 0 Å². The van der Waals surface area contributed by atoms with Gasteiger partial charge in [-0.25, -0.2) is 0 Å². The minimum atomic E-state index is 0.131. The Morgan fingerprint density at radius 1 is 1.29 bits per heavy atom. The number of nitrogens with zero attached hydrogens (tertiary/aromatic N) is 1. The lowest BCUT2D eigenvalue weighted by Gasteiger charge is -2.37. The van der Waals surface area contributed by atoms with E-state index in [4.69, 9.17) is 11.6 Å². The van der Waals surface area contributed by atoms with E-state index in [0.29, 0.717) is 23.7 Å². The maximum absolute atomic E-state index is 12.9. The van der Waals surface area contributed by atoms with E-state index >= 15 is 0 Å². The first-order valence-electron chi connectivity index (χ1n) is 8.02. The van der Waals surface area contributed by atoms with E-state index in [-0.39, 0.29) is 6.04 Å². The molecule has 0 aromatic heterocycles. The number of benzene rings is 1. The lowest BCUT2D eigenvalue weighted by atomic mass is 10.0. The SMILES string of the molecule is O=C(C1C2CCCC21)N1CCNCC1c1cccc(Cl)c1. The monoisotopic (exact) mass is 304 g/mol. The highest BCUT2D eigenvalue weighted by molar-refractivity contribution is 6.30. The third kappa shape index (κ3) is 2.36. The molecule has 1 heterocycles. The Morgan fingerprint density at radius 2 is 2.10 bits per heavy atom. The molecular weight excluding hydrogens is 284 g/mol. The highest BCUT2D eigenvalue weighted by atomic mass is 35.5. The molecule has 4 heteroatoms. The molecule has 3 fully saturated rings. The van der Waals surface area contributed by atoms with Gasteiger partial charge < -0.3 is 10.2 Å². The second-order valence-corrected chi connectivity index (χ2v) is 7.03. The molecule has 0 radical (unpaired) electrons. The zero-order chi connectivity index (χ0) is 14.4. The fourth-order valence-corrected chi connectivity index (χ4v) is 4.56. The number of fused-ring (bicyclic) bond motifs is 1. The zero-order valence-corrected chi connectivity index (χ0v) is 12.9. The van der Waals surface area contributed by atoms with Crippen LogP contribution < -0.4 is 5.32 Å². The van der Waals surface area contributed by atoms with E-state index < -0.39 is 0 Å². The number of hydrogen-bond donors (Lipinski definition) is 1. The molecule has 3 atom stereocenters. The summed E-state index contributed by atoms with van der Waals surface area (Å²) in [5.74, 6) is 2.08. The Bertz CT molecular complexity index is 551. The molecule has 0 spiro atoms. The van der Waals surface area contributed by atoms with Gasteiger partial charge in [-0.05, 0) is 42.4 Å². The third-order valence-electron chi connectivity index (χ3n) is 5.45. The smallest absolute Gasteiger partial charge is 0.226 e. The van der Waals surface area contributed by atoms with Gasteiger partial charge in [0, 0.05) is 30.6 Å². The van der Waals surface area contributed by atoms with Crippen LogP contribution in [0.2, 0.25) is 5.02 Å². The molecule has 1 aliphatic heterocycles. The lowest BCUT2D eigenvalue weighted by Crippen LogP contribution is -2.49. The van der Waals surface area contributed by atoms with E-state index in [9.17, 15) is 4.79 Å². The Hall–Kier alpha value is -1.06. The molecule has 1 amide bonds. The van der Waals surface area contributed by atoms with E-state index in [0.717, 1.165) is 30.2 Å². The summed E-state index contributed by atoms with van der Waals surface area (Å²) in [5, 5.41) is 4.15. The number of carbonyl (C=O) groups excluding carboxylic acids is 1. The summed E-state index contributed by atoms with van der Waals surface area (Å²) in [7, 11) is 0. The van der Waals surface area contributed by atoms with Crippen molar-refractivity contribution < 1.29 is 4.79 Å². The average Bonchev–Trinajstić information content (AvgIpc) is 2.98. The van der Waals surface area contributed by atoms with Gasteiger partial charge in [-0.2, -0.15) is 0 Å². The Morgan fingerprint density at radius 3 is 2.86 bits per heavy atom. The normalized spacial score (nSPS) is 34.6. The number of piperazine rings is 1. The van der Waals surface area contributed by atoms with Gasteiger partial charge in [-0.3, -0.25) is 4.79 Å². The second-order valence-electron chi connectivity index (χ2n) is 6.59. The van der Waals surface area contributed by atoms with Gasteiger partial charge in [0.2, 0.25) is 5.91 Å². The number of nitrogens with one attached hydrogen (secondary N) is 1. The summed E-state index contributed by atoms with van der Waals surface area (Å²) >= 11 is 6.12. The van der Waals surface area contributed by atoms with Crippen LogP contribution in [0.15, 0.2) is 24.3 Å². The third-order valence-corrected chi connectivity index (χ3v) is 5.69. The number of amides is 1. The molecule has 4 rings (SSSR count). The first kappa shape index (κ1) is 13.6. The van der Waals surface area contributed by atoms with Crippen LogP contribution in [0.25, 0.3) is 0 Å². The molecule has 0 bridgehead atoms. The second kappa shape index (κ2) is 5.29. The van der Waals surface area contributed by atoms with Crippen molar-refractivity contribution in [2.45, 2.75) is 25.3 Å². The molecule has 3 unspecified atom stereocenters. The van der Waals surface area contributed by atoms with Gasteiger partial charge in [-0.15, -0.1) is 0 Å². The van der Waals surface area contributed by atoms with Gasteiger partial charge in [0.15, 0.2) is 0 Å². The van der Waals surface area contributed by atoms with Crippen molar-refractivity contribution in [2.24, 2.45) is 17.8 Å². The maximum Gasteiger partial charge on any atom is 0.226 e. The van der Waals surface area contributed by atoms with E-state index in [1.165, 1.54) is 19.3 Å². The zero-order valence-electron chi connectivity index (χ0n) is 12.1. The van der Waals surface area contributed by atoms with Gasteiger partial charge in [0.1, 0.15) is 0 Å². The average molecular weight is 305 g/mol. The molecule has 1 aromatic carbocycles. The van der Waals surface area contributed by atoms with Crippen LogP contribution in [-0.4, -0.2) is 30.4 Å².